The molecule has 0 aliphatic heterocycles. The van der Waals surface area contributed by atoms with Crippen LogP contribution in [0.2, 0.25) is 0 Å². The number of methoxy groups -OCH3 is 1. The summed E-state index contributed by atoms with van der Waals surface area (Å²) in [7, 11) is 1.48. The van der Waals surface area contributed by atoms with E-state index in [1.807, 2.05) is 0 Å². The van der Waals surface area contributed by atoms with E-state index in [-0.39, 0.29) is 0 Å². The predicted molar refractivity (Wildman–Crippen MR) is 56.8 cm³/mol. The fraction of sp³-hybridized carbons (Fsp3) is 0.300. The number of ether oxygens (including phenoxy) is 1. The topological polar surface area (TPSA) is 95.5 Å². The van der Waals surface area contributed by atoms with Crippen molar-refractivity contribution < 1.29 is 14.5 Å². The van der Waals surface area contributed by atoms with Gasteiger partial charge in [0.2, 0.25) is 12.5 Å². The quantitative estimate of drug-likeness (QED) is 0.583. The van der Waals surface area contributed by atoms with E-state index in [0.717, 1.165) is 0 Å². The van der Waals surface area contributed by atoms with Crippen molar-refractivity contribution in [3.8, 4) is 5.75 Å². The number of nitro groups is 1. The molecule has 6 heteroatoms. The lowest BCUT2D eigenvalue weighted by molar-refractivity contribution is -0.481. The molecule has 0 unspecified atom stereocenters. The largest absolute Gasteiger partial charge is 0.497 e. The average Bonchev–Trinajstić information content (AvgIpc) is 2.25. The van der Waals surface area contributed by atoms with Crippen LogP contribution in [0.15, 0.2) is 24.3 Å². The van der Waals surface area contributed by atoms with E-state index >= 15 is 0 Å². The maximum Gasteiger partial charge on any atom is 0.231 e. The van der Waals surface area contributed by atoms with Gasteiger partial charge in [-0.25, -0.2) is 0 Å². The smallest absolute Gasteiger partial charge is 0.231 e. The Morgan fingerprint density at radius 3 is 2.81 bits per heavy atom. The summed E-state index contributed by atoms with van der Waals surface area (Å²) >= 11 is 0. The lowest BCUT2D eigenvalue weighted by atomic mass is 9.98. The van der Waals surface area contributed by atoms with Gasteiger partial charge >= 0.3 is 0 Å². The Hall–Kier alpha value is -2.11. The maximum atomic E-state index is 11.1. The Kier molecular flexibility index (Phi) is 3.82. The molecule has 1 atom stereocenters. The molecule has 0 saturated carbocycles. The van der Waals surface area contributed by atoms with E-state index < -0.39 is 23.3 Å². The van der Waals surface area contributed by atoms with Crippen LogP contribution in [0, 0.1) is 10.1 Å². The molecule has 0 aromatic heterocycles. The first-order valence-electron chi connectivity index (χ1n) is 4.59. The van der Waals surface area contributed by atoms with Gasteiger partial charge in [0.1, 0.15) is 11.7 Å². The van der Waals surface area contributed by atoms with E-state index in [2.05, 4.69) is 0 Å². The Bertz CT molecular complexity index is 406. The highest BCUT2D eigenvalue weighted by atomic mass is 16.6. The first-order valence-corrected chi connectivity index (χ1v) is 4.59. The molecule has 0 spiro atoms. The molecule has 86 valence electrons. The maximum absolute atomic E-state index is 11.1. The summed E-state index contributed by atoms with van der Waals surface area (Å²) in [5, 5.41) is 10.4. The number of hydrogen-bond acceptors (Lipinski definition) is 4. The van der Waals surface area contributed by atoms with Gasteiger partial charge < -0.3 is 10.5 Å². The number of primary amides is 1. The van der Waals surface area contributed by atoms with Gasteiger partial charge in [0.05, 0.1) is 7.11 Å². The monoisotopic (exact) mass is 224 g/mol. The zero-order chi connectivity index (χ0) is 12.1. The van der Waals surface area contributed by atoms with Crippen molar-refractivity contribution in [2.24, 2.45) is 5.73 Å². The number of nitrogens with zero attached hydrogens (tertiary/aromatic N) is 1. The second-order valence-corrected chi connectivity index (χ2v) is 3.25. The fourth-order valence-electron chi connectivity index (χ4n) is 1.37. The summed E-state index contributed by atoms with van der Waals surface area (Å²) in [5.74, 6) is -1.11. The molecule has 1 aromatic rings. The minimum atomic E-state index is -0.926. The standard InChI is InChI=1S/C10H12N2O4/c1-16-8-4-2-3-7(5-8)9(10(11)13)6-12(14)15/h2-5,9H,6H2,1H3,(H2,11,13)/t9-/m0/s1. The third-order valence-electron chi connectivity index (χ3n) is 2.17. The number of carbonyl (C=O) groups is 1. The van der Waals surface area contributed by atoms with E-state index in [1.54, 1.807) is 24.3 Å². The zero-order valence-corrected chi connectivity index (χ0v) is 8.75. The van der Waals surface area contributed by atoms with E-state index in [0.29, 0.717) is 11.3 Å². The highest BCUT2D eigenvalue weighted by Crippen LogP contribution is 2.20. The third kappa shape index (κ3) is 2.94. The van der Waals surface area contributed by atoms with Crippen molar-refractivity contribution in [3.05, 3.63) is 39.9 Å². The number of benzene rings is 1. The number of carbonyl (C=O) groups excluding carboxylic acids is 1. The number of hydrogen-bond donors (Lipinski definition) is 1. The molecule has 1 rings (SSSR count). The summed E-state index contributed by atoms with van der Waals surface area (Å²) in [6, 6.07) is 6.53. The molecule has 0 fully saturated rings. The van der Waals surface area contributed by atoms with E-state index in [4.69, 9.17) is 10.5 Å². The summed E-state index contributed by atoms with van der Waals surface area (Å²) < 4.78 is 4.97. The van der Waals surface area contributed by atoms with Crippen LogP contribution in [0.1, 0.15) is 11.5 Å². The van der Waals surface area contributed by atoms with Gasteiger partial charge in [0, 0.05) is 4.92 Å². The minimum absolute atomic E-state index is 0.489. The van der Waals surface area contributed by atoms with Crippen LogP contribution >= 0.6 is 0 Å². The molecule has 0 radical (unpaired) electrons. The SMILES string of the molecule is COc1cccc([C@H](C[N+](=O)[O-])C(N)=O)c1. The van der Waals surface area contributed by atoms with Crippen LogP contribution in [0.5, 0.6) is 5.75 Å². The molecule has 0 bridgehead atoms. The van der Waals surface area contributed by atoms with Gasteiger partial charge in [-0.3, -0.25) is 14.9 Å². The minimum Gasteiger partial charge on any atom is -0.497 e. The third-order valence-corrected chi connectivity index (χ3v) is 2.17. The zero-order valence-electron chi connectivity index (χ0n) is 8.75. The van der Waals surface area contributed by atoms with Gasteiger partial charge in [-0.05, 0) is 17.7 Å². The second kappa shape index (κ2) is 5.11. The van der Waals surface area contributed by atoms with Gasteiger partial charge in [-0.2, -0.15) is 0 Å². The molecule has 0 aliphatic rings. The molecular weight excluding hydrogens is 212 g/mol. The average molecular weight is 224 g/mol. The summed E-state index contributed by atoms with van der Waals surface area (Å²) in [6.07, 6.45) is 0. The van der Waals surface area contributed by atoms with Crippen molar-refractivity contribution in [3.63, 3.8) is 0 Å². The van der Waals surface area contributed by atoms with Crippen molar-refractivity contribution >= 4 is 5.91 Å². The molecule has 0 heterocycles. The van der Waals surface area contributed by atoms with Crippen LogP contribution in [-0.2, 0) is 4.79 Å². The van der Waals surface area contributed by atoms with Crippen LogP contribution in [0.25, 0.3) is 0 Å². The van der Waals surface area contributed by atoms with Gasteiger partial charge in [0.15, 0.2) is 0 Å². The number of nitrogens with two attached hydrogens (primary N) is 1. The van der Waals surface area contributed by atoms with Crippen LogP contribution in [-0.4, -0.2) is 24.5 Å². The Balaban J connectivity index is 3.00. The molecule has 6 nitrogen and oxygen atoms in total. The first kappa shape index (κ1) is 12.0. The van der Waals surface area contributed by atoms with Crippen LogP contribution < -0.4 is 10.5 Å². The Morgan fingerprint density at radius 1 is 1.62 bits per heavy atom. The molecule has 16 heavy (non-hydrogen) atoms. The fourth-order valence-corrected chi connectivity index (χ4v) is 1.37. The van der Waals surface area contributed by atoms with Gasteiger partial charge in [0.25, 0.3) is 0 Å². The summed E-state index contributed by atoms with van der Waals surface area (Å²) in [4.78, 5) is 21.0. The predicted octanol–water partition coefficient (Wildman–Crippen LogP) is 0.541. The Labute approximate surface area is 92.2 Å². The molecule has 1 aromatic carbocycles. The molecule has 2 N–H and O–H groups in total. The molecule has 0 aliphatic carbocycles. The van der Waals surface area contributed by atoms with Crippen molar-refractivity contribution in [1.29, 1.82) is 0 Å². The molecule has 1 amide bonds. The van der Waals surface area contributed by atoms with Crippen molar-refractivity contribution in [2.75, 3.05) is 13.7 Å². The molecular formula is C10H12N2O4. The Morgan fingerprint density at radius 2 is 2.31 bits per heavy atom. The second-order valence-electron chi connectivity index (χ2n) is 3.25. The first-order chi connectivity index (χ1) is 7.54. The highest BCUT2D eigenvalue weighted by Gasteiger charge is 2.23. The highest BCUT2D eigenvalue weighted by molar-refractivity contribution is 5.82. The van der Waals surface area contributed by atoms with Crippen molar-refractivity contribution in [1.82, 2.24) is 0 Å². The van der Waals surface area contributed by atoms with Crippen molar-refractivity contribution in [2.45, 2.75) is 5.92 Å². The summed E-state index contributed by atoms with van der Waals surface area (Å²) in [6.45, 7) is -0.511. The van der Waals surface area contributed by atoms with E-state index in [9.17, 15) is 14.9 Å². The van der Waals surface area contributed by atoms with E-state index in [1.165, 1.54) is 7.11 Å². The number of amides is 1. The number of rotatable bonds is 5. The van der Waals surface area contributed by atoms with Crippen LogP contribution in [0.4, 0.5) is 0 Å². The normalized spacial score (nSPS) is 11.8. The summed E-state index contributed by atoms with van der Waals surface area (Å²) in [5.41, 5.74) is 5.61. The van der Waals surface area contributed by atoms with Gasteiger partial charge in [-0.15, -0.1) is 0 Å². The lowest BCUT2D eigenvalue weighted by Gasteiger charge is -2.10. The van der Waals surface area contributed by atoms with Gasteiger partial charge in [-0.1, -0.05) is 12.1 Å². The molecule has 0 saturated heterocycles. The van der Waals surface area contributed by atoms with Crippen LogP contribution in [0.3, 0.4) is 0 Å². The lowest BCUT2D eigenvalue weighted by Crippen LogP contribution is -2.27.